The van der Waals surface area contributed by atoms with Crippen LogP contribution in [-0.4, -0.2) is 17.1 Å². The van der Waals surface area contributed by atoms with E-state index in [9.17, 15) is 0 Å². The Balaban J connectivity index is 2.39. The van der Waals surface area contributed by atoms with E-state index < -0.39 is 0 Å². The third-order valence-corrected chi connectivity index (χ3v) is 3.34. The first-order valence-corrected chi connectivity index (χ1v) is 6.98. The highest BCUT2D eigenvalue weighted by molar-refractivity contribution is 6.33. The zero-order valence-electron chi connectivity index (χ0n) is 12.0. The Labute approximate surface area is 128 Å². The molecule has 6 nitrogen and oxygen atoms in total. The molecule has 7 heteroatoms. The number of hydrogen-bond donors (Lipinski definition) is 3. The van der Waals surface area contributed by atoms with Crippen molar-refractivity contribution >= 4 is 28.9 Å². The lowest BCUT2D eigenvalue weighted by molar-refractivity contribution is 0.415. The number of halogens is 1. The summed E-state index contributed by atoms with van der Waals surface area (Å²) in [5.41, 5.74) is 4.23. The summed E-state index contributed by atoms with van der Waals surface area (Å²) in [6.07, 6.45) is 3.19. The maximum atomic E-state index is 6.20. The first-order valence-electron chi connectivity index (χ1n) is 6.60. The van der Waals surface area contributed by atoms with E-state index in [1.165, 1.54) is 6.33 Å². The van der Waals surface area contributed by atoms with Gasteiger partial charge in [-0.15, -0.1) is 0 Å². The molecule has 0 spiro atoms. The van der Waals surface area contributed by atoms with Crippen LogP contribution in [0.25, 0.3) is 0 Å². The number of methoxy groups -OCH3 is 1. The number of nitrogens with one attached hydrogen (secondary N) is 2. The van der Waals surface area contributed by atoms with Crippen LogP contribution >= 0.6 is 11.6 Å². The molecular formula is C14H18ClN5O. The Bertz CT molecular complexity index is 620. The normalized spacial score (nSPS) is 10.3. The molecule has 0 saturated carbocycles. The maximum Gasteiger partial charge on any atom is 0.148 e. The second kappa shape index (κ2) is 7.10. The van der Waals surface area contributed by atoms with Gasteiger partial charge < -0.3 is 15.5 Å². The van der Waals surface area contributed by atoms with E-state index in [0.717, 1.165) is 24.1 Å². The molecule has 4 N–H and O–H groups in total. The van der Waals surface area contributed by atoms with Crippen molar-refractivity contribution in [3.05, 3.63) is 35.1 Å². The van der Waals surface area contributed by atoms with Crippen LogP contribution in [0.5, 0.6) is 5.75 Å². The van der Waals surface area contributed by atoms with Gasteiger partial charge in [-0.1, -0.05) is 24.9 Å². The largest absolute Gasteiger partial charge is 0.497 e. The number of anilines is 3. The van der Waals surface area contributed by atoms with E-state index in [-0.39, 0.29) is 0 Å². The minimum absolute atomic E-state index is 0.583. The smallest absolute Gasteiger partial charge is 0.148 e. The van der Waals surface area contributed by atoms with Crippen molar-refractivity contribution in [2.75, 3.05) is 17.9 Å². The van der Waals surface area contributed by atoms with Crippen molar-refractivity contribution in [2.24, 2.45) is 5.84 Å². The number of rotatable bonds is 6. The zero-order valence-corrected chi connectivity index (χ0v) is 12.7. The van der Waals surface area contributed by atoms with E-state index >= 15 is 0 Å². The number of nitrogens with zero attached hydrogens (tertiary/aromatic N) is 2. The van der Waals surface area contributed by atoms with Gasteiger partial charge in [-0.2, -0.15) is 0 Å². The average molecular weight is 308 g/mol. The van der Waals surface area contributed by atoms with Crippen LogP contribution in [0.15, 0.2) is 24.5 Å². The number of hydrogen-bond acceptors (Lipinski definition) is 6. The highest BCUT2D eigenvalue weighted by atomic mass is 35.5. The lowest BCUT2D eigenvalue weighted by Crippen LogP contribution is -2.13. The van der Waals surface area contributed by atoms with E-state index in [2.05, 4.69) is 27.6 Å². The van der Waals surface area contributed by atoms with Crippen LogP contribution in [0.1, 0.15) is 18.9 Å². The van der Waals surface area contributed by atoms with Crippen LogP contribution in [0.2, 0.25) is 5.02 Å². The summed E-state index contributed by atoms with van der Waals surface area (Å²) in [6, 6.07) is 5.38. The molecule has 112 valence electrons. The molecule has 0 aliphatic rings. The third kappa shape index (κ3) is 3.53. The third-order valence-electron chi connectivity index (χ3n) is 3.01. The second-order valence-corrected chi connectivity index (χ2v) is 4.82. The summed E-state index contributed by atoms with van der Waals surface area (Å²) in [5.74, 6) is 7.50. The van der Waals surface area contributed by atoms with E-state index in [1.54, 1.807) is 19.2 Å². The Morgan fingerprint density at radius 3 is 2.71 bits per heavy atom. The fourth-order valence-corrected chi connectivity index (χ4v) is 2.15. The molecule has 0 fully saturated rings. The first kappa shape index (κ1) is 15.3. The van der Waals surface area contributed by atoms with Crippen molar-refractivity contribution in [3.8, 4) is 5.75 Å². The molecular weight excluding hydrogens is 290 g/mol. The molecule has 0 aliphatic heterocycles. The summed E-state index contributed by atoms with van der Waals surface area (Å²) < 4.78 is 5.21. The van der Waals surface area contributed by atoms with Gasteiger partial charge in [-0.05, 0) is 18.6 Å². The van der Waals surface area contributed by atoms with Crippen molar-refractivity contribution in [2.45, 2.75) is 19.8 Å². The molecule has 2 rings (SSSR count). The first-order chi connectivity index (χ1) is 10.2. The Morgan fingerprint density at radius 1 is 1.29 bits per heavy atom. The molecule has 0 saturated heterocycles. The molecule has 0 bridgehead atoms. The SMILES string of the molecule is CCCc1c(NN)ncnc1Nc1cc(OC)ccc1Cl. The van der Waals surface area contributed by atoms with Crippen LogP contribution < -0.4 is 21.3 Å². The van der Waals surface area contributed by atoms with Gasteiger partial charge in [0.1, 0.15) is 23.7 Å². The lowest BCUT2D eigenvalue weighted by Gasteiger charge is -2.14. The predicted molar refractivity (Wildman–Crippen MR) is 85.1 cm³/mol. The summed E-state index contributed by atoms with van der Waals surface area (Å²) in [7, 11) is 1.61. The van der Waals surface area contributed by atoms with Crippen molar-refractivity contribution in [1.29, 1.82) is 0 Å². The highest BCUT2D eigenvalue weighted by Gasteiger charge is 2.12. The number of hydrazine groups is 1. The molecule has 0 unspecified atom stereocenters. The summed E-state index contributed by atoms with van der Waals surface area (Å²) >= 11 is 6.20. The van der Waals surface area contributed by atoms with Gasteiger partial charge in [0.2, 0.25) is 0 Å². The van der Waals surface area contributed by atoms with Crippen molar-refractivity contribution < 1.29 is 4.74 Å². The van der Waals surface area contributed by atoms with Crippen LogP contribution in [0.4, 0.5) is 17.3 Å². The fourth-order valence-electron chi connectivity index (χ4n) is 1.99. The number of ether oxygens (including phenoxy) is 1. The Hall–Kier alpha value is -2.05. The van der Waals surface area contributed by atoms with Gasteiger partial charge in [0.15, 0.2) is 0 Å². The number of aromatic nitrogens is 2. The minimum atomic E-state index is 0.583. The molecule has 0 aliphatic carbocycles. The standard InChI is InChI=1S/C14H18ClN5O/c1-3-4-10-13(17-8-18-14(10)20-16)19-12-7-9(21-2)5-6-11(12)15/h5-8H,3-4,16H2,1-2H3,(H2,17,18,19,20). The number of benzene rings is 1. The summed E-state index contributed by atoms with van der Waals surface area (Å²) in [4.78, 5) is 8.41. The molecule has 2 aromatic rings. The van der Waals surface area contributed by atoms with Gasteiger partial charge >= 0.3 is 0 Å². The molecule has 0 amide bonds. The number of nitrogen functional groups attached to an aromatic ring is 1. The van der Waals surface area contributed by atoms with Crippen LogP contribution in [-0.2, 0) is 6.42 Å². The molecule has 21 heavy (non-hydrogen) atoms. The maximum absolute atomic E-state index is 6.20. The van der Waals surface area contributed by atoms with Gasteiger partial charge in [-0.25, -0.2) is 15.8 Å². The van der Waals surface area contributed by atoms with Crippen LogP contribution in [0, 0.1) is 0 Å². The minimum Gasteiger partial charge on any atom is -0.497 e. The van der Waals surface area contributed by atoms with Gasteiger partial charge in [0.05, 0.1) is 17.8 Å². The van der Waals surface area contributed by atoms with Crippen molar-refractivity contribution in [3.63, 3.8) is 0 Å². The molecule has 0 atom stereocenters. The summed E-state index contributed by atoms with van der Waals surface area (Å²) in [6.45, 7) is 2.08. The highest BCUT2D eigenvalue weighted by Crippen LogP contribution is 2.31. The van der Waals surface area contributed by atoms with Crippen LogP contribution in [0.3, 0.4) is 0 Å². The second-order valence-electron chi connectivity index (χ2n) is 4.41. The average Bonchev–Trinajstić information content (AvgIpc) is 2.51. The molecule has 1 heterocycles. The predicted octanol–water partition coefficient (Wildman–Crippen LogP) is 3.12. The quantitative estimate of drug-likeness (QED) is 0.561. The van der Waals surface area contributed by atoms with Crippen molar-refractivity contribution in [1.82, 2.24) is 9.97 Å². The molecule has 0 radical (unpaired) electrons. The fraction of sp³-hybridized carbons (Fsp3) is 0.286. The number of nitrogens with two attached hydrogens (primary N) is 1. The molecule has 1 aromatic carbocycles. The van der Waals surface area contributed by atoms with Gasteiger partial charge in [0.25, 0.3) is 0 Å². The van der Waals surface area contributed by atoms with Gasteiger partial charge in [-0.3, -0.25) is 0 Å². The monoisotopic (exact) mass is 307 g/mol. The van der Waals surface area contributed by atoms with E-state index in [0.29, 0.717) is 22.4 Å². The topological polar surface area (TPSA) is 85.1 Å². The summed E-state index contributed by atoms with van der Waals surface area (Å²) in [5, 5.41) is 3.80. The lowest BCUT2D eigenvalue weighted by atomic mass is 10.1. The van der Waals surface area contributed by atoms with Gasteiger partial charge in [0, 0.05) is 11.6 Å². The Kier molecular flexibility index (Phi) is 5.19. The van der Waals surface area contributed by atoms with E-state index in [4.69, 9.17) is 22.2 Å². The Morgan fingerprint density at radius 2 is 2.05 bits per heavy atom. The zero-order chi connectivity index (χ0) is 15.2. The van der Waals surface area contributed by atoms with E-state index in [1.807, 2.05) is 6.07 Å². The molecule has 1 aromatic heterocycles.